The molecule has 0 amide bonds. The summed E-state index contributed by atoms with van der Waals surface area (Å²) in [7, 11) is 0. The molecule has 1 aliphatic heterocycles. The van der Waals surface area contributed by atoms with Gasteiger partial charge in [0.2, 0.25) is 0 Å². The Morgan fingerprint density at radius 1 is 1.41 bits per heavy atom. The minimum absolute atomic E-state index is 0.580. The van der Waals surface area contributed by atoms with Gasteiger partial charge < -0.3 is 14.8 Å². The lowest BCUT2D eigenvalue weighted by Gasteiger charge is -2.21. The van der Waals surface area contributed by atoms with E-state index in [0.29, 0.717) is 6.04 Å². The highest BCUT2D eigenvalue weighted by atomic mass is 15.2. The number of likely N-dealkylation sites (tertiary alicyclic amines) is 1. The van der Waals surface area contributed by atoms with E-state index in [1.54, 1.807) is 0 Å². The molecule has 0 bridgehead atoms. The molecule has 2 heterocycles. The molecule has 0 aliphatic carbocycles. The first-order valence-corrected chi connectivity index (χ1v) is 6.69. The van der Waals surface area contributed by atoms with Crippen molar-refractivity contribution in [3.63, 3.8) is 0 Å². The van der Waals surface area contributed by atoms with E-state index in [0.717, 1.165) is 18.9 Å². The molecule has 0 aromatic carbocycles. The van der Waals surface area contributed by atoms with Gasteiger partial charge in [0.15, 0.2) is 0 Å². The van der Waals surface area contributed by atoms with Gasteiger partial charge in [-0.1, -0.05) is 0 Å². The highest BCUT2D eigenvalue weighted by molar-refractivity contribution is 4.88. The number of imidazole rings is 1. The van der Waals surface area contributed by atoms with Gasteiger partial charge in [0, 0.05) is 38.1 Å². The highest BCUT2D eigenvalue weighted by Gasteiger charge is 2.13. The van der Waals surface area contributed by atoms with E-state index in [4.69, 9.17) is 0 Å². The Kier molecular flexibility index (Phi) is 4.57. The van der Waals surface area contributed by atoms with Gasteiger partial charge in [-0.25, -0.2) is 4.98 Å². The number of hydrogen-bond acceptors (Lipinski definition) is 3. The van der Waals surface area contributed by atoms with Gasteiger partial charge in [0.05, 0.1) is 0 Å². The van der Waals surface area contributed by atoms with E-state index < -0.39 is 0 Å². The van der Waals surface area contributed by atoms with Crippen molar-refractivity contribution in [2.45, 2.75) is 39.3 Å². The maximum absolute atomic E-state index is 4.22. The van der Waals surface area contributed by atoms with Crippen LogP contribution in [-0.4, -0.2) is 46.7 Å². The Bertz CT molecular complexity index is 328. The predicted octanol–water partition coefficient (Wildman–Crippen LogP) is 1.27. The summed E-state index contributed by atoms with van der Waals surface area (Å²) in [6.07, 6.45) is 6.66. The fraction of sp³-hybridized carbons (Fsp3) is 0.769. The van der Waals surface area contributed by atoms with Crippen molar-refractivity contribution in [3.05, 3.63) is 18.2 Å². The number of nitrogens with zero attached hydrogens (tertiary/aromatic N) is 3. The molecular formula is C13H24N4. The molecule has 4 nitrogen and oxygen atoms in total. The molecule has 1 atom stereocenters. The smallest absolute Gasteiger partial charge is 0.105 e. The number of aryl methyl sites for hydroxylation is 1. The van der Waals surface area contributed by atoms with E-state index in [-0.39, 0.29) is 0 Å². The van der Waals surface area contributed by atoms with Crippen molar-refractivity contribution in [1.82, 2.24) is 19.8 Å². The zero-order valence-corrected chi connectivity index (χ0v) is 11.0. The lowest BCUT2D eigenvalue weighted by atomic mass is 10.3. The molecule has 96 valence electrons. The van der Waals surface area contributed by atoms with Crippen molar-refractivity contribution in [2.24, 2.45) is 0 Å². The highest BCUT2D eigenvalue weighted by Crippen LogP contribution is 2.07. The second-order valence-electron chi connectivity index (χ2n) is 5.03. The third-order valence-electron chi connectivity index (χ3n) is 3.50. The molecule has 0 saturated carbocycles. The molecule has 1 saturated heterocycles. The first-order valence-electron chi connectivity index (χ1n) is 6.69. The van der Waals surface area contributed by atoms with Gasteiger partial charge in [-0.15, -0.1) is 0 Å². The summed E-state index contributed by atoms with van der Waals surface area (Å²) in [5.74, 6) is 1.10. The Balaban J connectivity index is 1.62. The van der Waals surface area contributed by atoms with Crippen LogP contribution in [0.1, 0.15) is 25.6 Å². The van der Waals surface area contributed by atoms with Crippen molar-refractivity contribution >= 4 is 0 Å². The summed E-state index contributed by atoms with van der Waals surface area (Å²) in [6.45, 7) is 10.1. The number of rotatable bonds is 6. The molecular weight excluding hydrogens is 212 g/mol. The molecule has 2 rings (SSSR count). The first-order chi connectivity index (χ1) is 8.25. The van der Waals surface area contributed by atoms with E-state index in [1.165, 1.54) is 32.5 Å². The van der Waals surface area contributed by atoms with Crippen LogP contribution in [0.4, 0.5) is 0 Å². The molecule has 1 fully saturated rings. The molecule has 1 N–H and O–H groups in total. The fourth-order valence-corrected chi connectivity index (χ4v) is 2.49. The summed E-state index contributed by atoms with van der Waals surface area (Å²) in [6, 6.07) is 0.580. The molecule has 4 heteroatoms. The lowest BCUT2D eigenvalue weighted by Crippen LogP contribution is -2.39. The number of nitrogens with one attached hydrogen (secondary N) is 1. The number of hydrogen-bond donors (Lipinski definition) is 1. The third-order valence-corrected chi connectivity index (χ3v) is 3.50. The van der Waals surface area contributed by atoms with Crippen molar-refractivity contribution in [1.29, 1.82) is 0 Å². The van der Waals surface area contributed by atoms with Crippen LogP contribution < -0.4 is 5.32 Å². The molecule has 1 aromatic rings. The SMILES string of the molecule is Cc1nccn1CCNC(C)CN1CCCC1. The van der Waals surface area contributed by atoms with Crippen LogP contribution in [0.15, 0.2) is 12.4 Å². The summed E-state index contributed by atoms with van der Waals surface area (Å²) in [5, 5.41) is 3.58. The molecule has 1 unspecified atom stereocenters. The zero-order valence-electron chi connectivity index (χ0n) is 11.0. The van der Waals surface area contributed by atoms with Crippen LogP contribution in [0.3, 0.4) is 0 Å². The third kappa shape index (κ3) is 3.82. The largest absolute Gasteiger partial charge is 0.334 e. The van der Waals surface area contributed by atoms with Crippen molar-refractivity contribution in [3.8, 4) is 0 Å². The van der Waals surface area contributed by atoms with Gasteiger partial charge in [-0.05, 0) is 39.8 Å². The molecule has 0 radical (unpaired) electrons. The normalized spacial score (nSPS) is 18.7. The average molecular weight is 236 g/mol. The first kappa shape index (κ1) is 12.6. The number of aromatic nitrogens is 2. The summed E-state index contributed by atoms with van der Waals surface area (Å²) in [4.78, 5) is 6.78. The summed E-state index contributed by atoms with van der Waals surface area (Å²) >= 11 is 0. The van der Waals surface area contributed by atoms with Crippen molar-refractivity contribution < 1.29 is 0 Å². The lowest BCUT2D eigenvalue weighted by molar-refractivity contribution is 0.297. The minimum Gasteiger partial charge on any atom is -0.334 e. The monoisotopic (exact) mass is 236 g/mol. The quantitative estimate of drug-likeness (QED) is 0.807. The van der Waals surface area contributed by atoms with E-state index in [9.17, 15) is 0 Å². The Hall–Kier alpha value is -0.870. The summed E-state index contributed by atoms with van der Waals surface area (Å²) < 4.78 is 2.19. The van der Waals surface area contributed by atoms with Crippen LogP contribution in [0, 0.1) is 6.92 Å². The Morgan fingerprint density at radius 3 is 2.82 bits per heavy atom. The second kappa shape index (κ2) is 6.17. The average Bonchev–Trinajstić information content (AvgIpc) is 2.91. The topological polar surface area (TPSA) is 33.1 Å². The summed E-state index contributed by atoms with van der Waals surface area (Å²) in [5.41, 5.74) is 0. The van der Waals surface area contributed by atoms with Crippen LogP contribution in [-0.2, 0) is 6.54 Å². The van der Waals surface area contributed by atoms with Gasteiger partial charge in [-0.2, -0.15) is 0 Å². The van der Waals surface area contributed by atoms with Crippen LogP contribution in [0.25, 0.3) is 0 Å². The maximum Gasteiger partial charge on any atom is 0.105 e. The van der Waals surface area contributed by atoms with Crippen LogP contribution in [0.2, 0.25) is 0 Å². The Morgan fingerprint density at radius 2 is 2.18 bits per heavy atom. The van der Waals surface area contributed by atoms with E-state index in [1.807, 2.05) is 19.3 Å². The second-order valence-corrected chi connectivity index (χ2v) is 5.03. The van der Waals surface area contributed by atoms with E-state index >= 15 is 0 Å². The van der Waals surface area contributed by atoms with E-state index in [2.05, 4.69) is 26.7 Å². The predicted molar refractivity (Wildman–Crippen MR) is 70.1 cm³/mol. The molecule has 0 spiro atoms. The molecule has 17 heavy (non-hydrogen) atoms. The Labute approximate surface area is 104 Å². The standard InChI is InChI=1S/C13H24N4/c1-12(11-16-7-3-4-8-16)14-5-9-17-10-6-15-13(17)2/h6,10,12,14H,3-5,7-9,11H2,1-2H3. The fourth-order valence-electron chi connectivity index (χ4n) is 2.49. The van der Waals surface area contributed by atoms with Crippen LogP contribution >= 0.6 is 0 Å². The van der Waals surface area contributed by atoms with Crippen molar-refractivity contribution in [2.75, 3.05) is 26.2 Å². The minimum atomic E-state index is 0.580. The molecule has 1 aromatic heterocycles. The zero-order chi connectivity index (χ0) is 12.1. The van der Waals surface area contributed by atoms with Gasteiger partial charge in [-0.3, -0.25) is 0 Å². The van der Waals surface area contributed by atoms with Gasteiger partial charge in [0.25, 0.3) is 0 Å². The maximum atomic E-state index is 4.22. The van der Waals surface area contributed by atoms with Crippen LogP contribution in [0.5, 0.6) is 0 Å². The molecule has 1 aliphatic rings. The van der Waals surface area contributed by atoms with Gasteiger partial charge >= 0.3 is 0 Å². The van der Waals surface area contributed by atoms with Gasteiger partial charge in [0.1, 0.15) is 5.82 Å².